The van der Waals surface area contributed by atoms with Gasteiger partial charge in [-0.25, -0.2) is 0 Å². The summed E-state index contributed by atoms with van der Waals surface area (Å²) < 4.78 is 11.3. The van der Waals surface area contributed by atoms with Crippen LogP contribution in [-0.4, -0.2) is 24.3 Å². The lowest BCUT2D eigenvalue weighted by molar-refractivity contribution is -0.139. The zero-order valence-corrected chi connectivity index (χ0v) is 12.9. The zero-order chi connectivity index (χ0) is 14.1. The van der Waals surface area contributed by atoms with Crippen LogP contribution in [-0.2, 0) is 14.3 Å². The van der Waals surface area contributed by atoms with Crippen molar-refractivity contribution in [2.24, 2.45) is 0 Å². The van der Waals surface area contributed by atoms with Gasteiger partial charge in [-0.3, -0.25) is 4.79 Å². The van der Waals surface area contributed by atoms with Crippen molar-refractivity contribution in [3.63, 3.8) is 0 Å². The molecule has 3 heteroatoms. The van der Waals surface area contributed by atoms with E-state index < -0.39 is 0 Å². The summed E-state index contributed by atoms with van der Waals surface area (Å²) in [5.41, 5.74) is 0. The Morgan fingerprint density at radius 3 is 2.32 bits per heavy atom. The van der Waals surface area contributed by atoms with Gasteiger partial charge >= 0.3 is 0 Å². The van der Waals surface area contributed by atoms with E-state index in [1.165, 1.54) is 32.1 Å². The predicted octanol–water partition coefficient (Wildman–Crippen LogP) is 4.24. The molecule has 0 N–H and O–H groups in total. The molecular formula is C16H30O3. The molecule has 0 amide bonds. The van der Waals surface area contributed by atoms with E-state index in [9.17, 15) is 4.79 Å². The highest BCUT2D eigenvalue weighted by Crippen LogP contribution is 2.25. The maximum Gasteiger partial charge on any atom is 0.163 e. The fourth-order valence-corrected chi connectivity index (χ4v) is 2.48. The molecule has 19 heavy (non-hydrogen) atoms. The first-order chi connectivity index (χ1) is 9.03. The van der Waals surface area contributed by atoms with Crippen LogP contribution in [0.25, 0.3) is 0 Å². The van der Waals surface area contributed by atoms with Gasteiger partial charge in [-0.2, -0.15) is 0 Å². The summed E-state index contributed by atoms with van der Waals surface area (Å²) >= 11 is 0. The first-order valence-electron chi connectivity index (χ1n) is 7.87. The highest BCUT2D eigenvalue weighted by atomic mass is 16.7. The molecule has 112 valence electrons. The van der Waals surface area contributed by atoms with Crippen LogP contribution in [0.3, 0.4) is 0 Å². The zero-order valence-electron chi connectivity index (χ0n) is 12.9. The van der Waals surface area contributed by atoms with Gasteiger partial charge < -0.3 is 9.47 Å². The summed E-state index contributed by atoms with van der Waals surface area (Å²) in [4.78, 5) is 11.1. The number of rotatable bonds is 10. The number of carbonyl (C=O) groups is 1. The molecule has 1 aliphatic rings. The number of Topliss-reactive ketones (excluding diaryl/α,β-unsaturated/α-hetero) is 1. The highest BCUT2D eigenvalue weighted by molar-refractivity contribution is 5.77. The van der Waals surface area contributed by atoms with E-state index in [0.717, 1.165) is 25.9 Å². The van der Waals surface area contributed by atoms with Crippen molar-refractivity contribution in [2.75, 3.05) is 6.61 Å². The van der Waals surface area contributed by atoms with E-state index in [4.69, 9.17) is 9.47 Å². The van der Waals surface area contributed by atoms with E-state index in [1.54, 1.807) is 0 Å². The van der Waals surface area contributed by atoms with Gasteiger partial charge in [-0.1, -0.05) is 39.0 Å². The summed E-state index contributed by atoms with van der Waals surface area (Å²) in [6.45, 7) is 6.64. The Morgan fingerprint density at radius 2 is 1.74 bits per heavy atom. The Bertz CT molecular complexity index is 261. The molecule has 0 aliphatic carbocycles. The molecule has 0 aromatic carbocycles. The van der Waals surface area contributed by atoms with Crippen LogP contribution in [0.1, 0.15) is 78.6 Å². The Kier molecular flexibility index (Phi) is 7.62. The maximum atomic E-state index is 11.1. The number of carbonyl (C=O) groups excluding carboxylic acids is 1. The van der Waals surface area contributed by atoms with Crippen molar-refractivity contribution in [2.45, 2.75) is 90.4 Å². The predicted molar refractivity (Wildman–Crippen MR) is 77.1 cm³/mol. The average Bonchev–Trinajstić information content (AvgIpc) is 2.72. The lowest BCUT2D eigenvalue weighted by Gasteiger charge is -2.16. The fourth-order valence-electron chi connectivity index (χ4n) is 2.48. The molecule has 0 bridgehead atoms. The molecule has 1 unspecified atom stereocenters. The van der Waals surface area contributed by atoms with Gasteiger partial charge in [0, 0.05) is 12.8 Å². The number of hydrogen-bond acceptors (Lipinski definition) is 3. The Balaban J connectivity index is 1.85. The fraction of sp³-hybridized carbons (Fsp3) is 0.938. The molecule has 1 fully saturated rings. The van der Waals surface area contributed by atoms with Gasteiger partial charge in [0.15, 0.2) is 5.79 Å². The molecule has 1 aliphatic heterocycles. The van der Waals surface area contributed by atoms with Gasteiger partial charge in [0.1, 0.15) is 5.78 Å². The number of ketones is 1. The van der Waals surface area contributed by atoms with Crippen molar-refractivity contribution in [1.29, 1.82) is 0 Å². The molecule has 3 nitrogen and oxygen atoms in total. The minimum Gasteiger partial charge on any atom is -0.348 e. The second-order valence-corrected chi connectivity index (χ2v) is 6.00. The van der Waals surface area contributed by atoms with Crippen LogP contribution in [0.2, 0.25) is 0 Å². The minimum absolute atomic E-state index is 0.289. The second kappa shape index (κ2) is 8.70. The normalized spacial score (nSPS) is 21.7. The molecule has 0 radical (unpaired) electrons. The third-order valence-corrected chi connectivity index (χ3v) is 3.69. The van der Waals surface area contributed by atoms with E-state index >= 15 is 0 Å². The molecule has 0 aromatic rings. The Hall–Kier alpha value is -0.410. The van der Waals surface area contributed by atoms with Crippen molar-refractivity contribution in [3.8, 4) is 0 Å². The second-order valence-electron chi connectivity index (χ2n) is 6.00. The van der Waals surface area contributed by atoms with E-state index in [-0.39, 0.29) is 11.9 Å². The summed E-state index contributed by atoms with van der Waals surface area (Å²) in [6.07, 6.45) is 10.2. The van der Waals surface area contributed by atoms with Crippen molar-refractivity contribution >= 4 is 5.78 Å². The van der Waals surface area contributed by atoms with Crippen LogP contribution in [0.4, 0.5) is 0 Å². The molecule has 1 saturated heterocycles. The third-order valence-electron chi connectivity index (χ3n) is 3.69. The lowest BCUT2D eigenvalue weighted by atomic mass is 10.0. The number of ether oxygens (including phenoxy) is 2. The van der Waals surface area contributed by atoms with Crippen LogP contribution >= 0.6 is 0 Å². The molecule has 0 aromatic heterocycles. The average molecular weight is 270 g/mol. The molecule has 0 saturated carbocycles. The highest BCUT2D eigenvalue weighted by Gasteiger charge is 2.31. The van der Waals surface area contributed by atoms with Gasteiger partial charge in [0.2, 0.25) is 0 Å². The van der Waals surface area contributed by atoms with Gasteiger partial charge in [-0.15, -0.1) is 0 Å². The lowest BCUT2D eigenvalue weighted by Crippen LogP contribution is -2.21. The van der Waals surface area contributed by atoms with Gasteiger partial charge in [0.25, 0.3) is 0 Å². The molecule has 1 heterocycles. The Labute approximate surface area is 118 Å². The van der Waals surface area contributed by atoms with Crippen molar-refractivity contribution in [1.82, 2.24) is 0 Å². The molecule has 1 atom stereocenters. The monoisotopic (exact) mass is 270 g/mol. The van der Waals surface area contributed by atoms with Gasteiger partial charge in [-0.05, 0) is 26.7 Å². The number of unbranched alkanes of at least 4 members (excludes halogenated alkanes) is 5. The van der Waals surface area contributed by atoms with Gasteiger partial charge in [0.05, 0.1) is 12.7 Å². The molecule has 1 rings (SSSR count). The summed E-state index contributed by atoms with van der Waals surface area (Å²) in [6, 6.07) is 0. The largest absolute Gasteiger partial charge is 0.348 e. The van der Waals surface area contributed by atoms with Crippen molar-refractivity contribution in [3.05, 3.63) is 0 Å². The minimum atomic E-state index is -0.378. The van der Waals surface area contributed by atoms with E-state index in [2.05, 4.69) is 0 Å². The summed E-state index contributed by atoms with van der Waals surface area (Å²) in [5, 5.41) is 0. The topological polar surface area (TPSA) is 35.5 Å². The van der Waals surface area contributed by atoms with Crippen LogP contribution in [0.5, 0.6) is 0 Å². The first kappa shape index (κ1) is 16.6. The van der Waals surface area contributed by atoms with Crippen LogP contribution in [0, 0.1) is 0 Å². The SMILES string of the molecule is CCC(=O)CCCCCCCCC1COC(C)(C)O1. The van der Waals surface area contributed by atoms with E-state index in [1.807, 2.05) is 20.8 Å². The van der Waals surface area contributed by atoms with Crippen LogP contribution in [0.15, 0.2) is 0 Å². The van der Waals surface area contributed by atoms with E-state index in [0.29, 0.717) is 12.2 Å². The Morgan fingerprint density at radius 1 is 1.11 bits per heavy atom. The number of hydrogen-bond donors (Lipinski definition) is 0. The maximum absolute atomic E-state index is 11.1. The van der Waals surface area contributed by atoms with Crippen molar-refractivity contribution < 1.29 is 14.3 Å². The first-order valence-corrected chi connectivity index (χ1v) is 7.87. The smallest absolute Gasteiger partial charge is 0.163 e. The molecular weight excluding hydrogens is 240 g/mol. The summed E-state index contributed by atoms with van der Waals surface area (Å²) in [7, 11) is 0. The van der Waals surface area contributed by atoms with Crippen LogP contribution < -0.4 is 0 Å². The summed E-state index contributed by atoms with van der Waals surface area (Å²) in [5.74, 6) is 0.0252. The quantitative estimate of drug-likeness (QED) is 0.557. The standard InChI is InChI=1S/C16H30O3/c1-4-14(17)11-9-7-5-6-8-10-12-15-13-18-16(2,3)19-15/h15H,4-13H2,1-3H3. The third kappa shape index (κ3) is 7.68. The molecule has 0 spiro atoms.